The molecule has 0 saturated carbocycles. The number of rotatable bonds is 3. The van der Waals surface area contributed by atoms with Crippen molar-refractivity contribution in [3.8, 4) is 11.1 Å². The van der Waals surface area contributed by atoms with Gasteiger partial charge in [0.05, 0.1) is 5.69 Å². The lowest BCUT2D eigenvalue weighted by Crippen LogP contribution is -2.51. The molecule has 0 unspecified atom stereocenters. The molecule has 7 nitrogen and oxygen atoms in total. The molecule has 0 radical (unpaired) electrons. The summed E-state index contributed by atoms with van der Waals surface area (Å²) in [5, 5.41) is 1.96. The lowest BCUT2D eigenvalue weighted by Gasteiger charge is -2.35. The number of imidazole rings is 1. The molecule has 3 aromatic heterocycles. The SMILES string of the molecule is CN1CCC(NN2C=Cc3c(-c4ccc5nccn5c4)ccn3N2)CC1. The summed E-state index contributed by atoms with van der Waals surface area (Å²) in [6.07, 6.45) is 14.5. The average Bonchev–Trinajstić information content (AvgIpc) is 3.29. The van der Waals surface area contributed by atoms with Crippen LogP contribution in [0.2, 0.25) is 0 Å². The number of hydrazine groups is 2. The Kier molecular flexibility index (Phi) is 3.69. The van der Waals surface area contributed by atoms with E-state index in [1.54, 1.807) is 0 Å². The van der Waals surface area contributed by atoms with Crippen LogP contribution in [0.25, 0.3) is 22.9 Å². The highest BCUT2D eigenvalue weighted by atomic mass is 15.8. The highest BCUT2D eigenvalue weighted by molar-refractivity contribution is 5.75. The molecule has 0 aromatic carbocycles. The van der Waals surface area contributed by atoms with Crippen LogP contribution in [0.3, 0.4) is 0 Å². The molecule has 0 bridgehead atoms. The maximum Gasteiger partial charge on any atom is 0.136 e. The number of piperidine rings is 1. The van der Waals surface area contributed by atoms with Gasteiger partial charge < -0.3 is 9.30 Å². The Hall–Kier alpha value is -2.77. The monoisotopic (exact) mass is 349 g/mol. The van der Waals surface area contributed by atoms with Crippen molar-refractivity contribution >= 4 is 11.7 Å². The van der Waals surface area contributed by atoms with Gasteiger partial charge in [0, 0.05) is 48.2 Å². The van der Waals surface area contributed by atoms with Gasteiger partial charge in [0.15, 0.2) is 0 Å². The molecule has 2 aliphatic rings. The second kappa shape index (κ2) is 6.19. The van der Waals surface area contributed by atoms with Crippen molar-refractivity contribution in [2.24, 2.45) is 0 Å². The largest absolute Gasteiger partial charge is 0.306 e. The van der Waals surface area contributed by atoms with Crippen LogP contribution in [0.1, 0.15) is 18.5 Å². The number of pyridine rings is 1. The van der Waals surface area contributed by atoms with Gasteiger partial charge in [-0.15, -0.1) is 0 Å². The Morgan fingerprint density at radius 2 is 2.04 bits per heavy atom. The van der Waals surface area contributed by atoms with E-state index in [9.17, 15) is 0 Å². The van der Waals surface area contributed by atoms with Gasteiger partial charge in [0.1, 0.15) is 5.65 Å². The van der Waals surface area contributed by atoms with Crippen LogP contribution in [0.5, 0.6) is 0 Å². The standard InChI is InChI=1S/C19H23N7/c1-23-9-4-16(5-10-23)21-26-12-7-18-17(6-11-25(18)22-26)15-2-3-19-20-8-13-24(19)14-15/h2-3,6-8,11-14,16,21-22H,4-5,9-10H2,1H3. The second-order valence-corrected chi connectivity index (χ2v) is 7.09. The molecule has 1 saturated heterocycles. The van der Waals surface area contributed by atoms with E-state index >= 15 is 0 Å². The smallest absolute Gasteiger partial charge is 0.136 e. The van der Waals surface area contributed by atoms with Crippen LogP contribution in [0.15, 0.2) is 49.2 Å². The van der Waals surface area contributed by atoms with E-state index < -0.39 is 0 Å². The number of hydrogen-bond donors (Lipinski definition) is 2. The van der Waals surface area contributed by atoms with Crippen LogP contribution in [-0.4, -0.2) is 50.3 Å². The van der Waals surface area contributed by atoms with Crippen molar-refractivity contribution in [2.75, 3.05) is 25.7 Å². The third-order valence-corrected chi connectivity index (χ3v) is 5.26. The molecule has 0 atom stereocenters. The molecular formula is C19H23N7. The van der Waals surface area contributed by atoms with Crippen LogP contribution in [-0.2, 0) is 0 Å². The zero-order chi connectivity index (χ0) is 17.5. The number of aromatic nitrogens is 3. The van der Waals surface area contributed by atoms with Gasteiger partial charge >= 0.3 is 0 Å². The molecule has 2 N–H and O–H groups in total. The van der Waals surface area contributed by atoms with E-state index in [0.29, 0.717) is 6.04 Å². The van der Waals surface area contributed by atoms with Crippen molar-refractivity contribution in [1.29, 1.82) is 0 Å². The molecule has 26 heavy (non-hydrogen) atoms. The number of likely N-dealkylation sites (tertiary alicyclic amines) is 1. The Bertz CT molecular complexity index is 946. The first-order chi connectivity index (χ1) is 12.8. The lowest BCUT2D eigenvalue weighted by atomic mass is 10.1. The molecule has 0 amide bonds. The van der Waals surface area contributed by atoms with Crippen LogP contribution >= 0.6 is 0 Å². The van der Waals surface area contributed by atoms with Gasteiger partial charge in [0.25, 0.3) is 0 Å². The van der Waals surface area contributed by atoms with Crippen molar-refractivity contribution < 1.29 is 0 Å². The van der Waals surface area contributed by atoms with Gasteiger partial charge in [0.2, 0.25) is 0 Å². The summed E-state index contributed by atoms with van der Waals surface area (Å²) in [5.41, 5.74) is 11.4. The first-order valence-corrected chi connectivity index (χ1v) is 9.09. The first-order valence-electron chi connectivity index (χ1n) is 9.09. The summed E-state index contributed by atoms with van der Waals surface area (Å²) < 4.78 is 4.10. The fourth-order valence-corrected chi connectivity index (χ4v) is 3.73. The van der Waals surface area contributed by atoms with E-state index in [0.717, 1.165) is 37.3 Å². The van der Waals surface area contributed by atoms with Crippen molar-refractivity contribution in [2.45, 2.75) is 18.9 Å². The molecule has 7 heteroatoms. The first kappa shape index (κ1) is 15.5. The average molecular weight is 349 g/mol. The van der Waals surface area contributed by atoms with Gasteiger partial charge in [-0.25, -0.2) is 25.7 Å². The molecule has 5 heterocycles. The minimum atomic E-state index is 0.503. The predicted octanol–water partition coefficient (Wildman–Crippen LogP) is 2.15. The maximum atomic E-state index is 4.31. The Labute approximate surface area is 152 Å². The van der Waals surface area contributed by atoms with Crippen LogP contribution < -0.4 is 11.0 Å². The highest BCUT2D eigenvalue weighted by Crippen LogP contribution is 2.27. The molecule has 0 spiro atoms. The van der Waals surface area contributed by atoms with E-state index in [4.69, 9.17) is 0 Å². The third kappa shape index (κ3) is 2.75. The van der Waals surface area contributed by atoms with Crippen molar-refractivity contribution in [3.05, 3.63) is 54.9 Å². The van der Waals surface area contributed by atoms with Gasteiger partial charge in [-0.05, 0) is 57.3 Å². The minimum Gasteiger partial charge on any atom is -0.306 e. The quantitative estimate of drug-likeness (QED) is 0.759. The number of nitrogens with one attached hydrogen (secondary N) is 2. The normalized spacial score (nSPS) is 18.3. The minimum absolute atomic E-state index is 0.503. The lowest BCUT2D eigenvalue weighted by molar-refractivity contribution is 0.166. The molecule has 1 fully saturated rings. The molecular weight excluding hydrogens is 326 g/mol. The second-order valence-electron chi connectivity index (χ2n) is 7.09. The van der Waals surface area contributed by atoms with Crippen molar-refractivity contribution in [1.82, 2.24) is 29.5 Å². The predicted molar refractivity (Wildman–Crippen MR) is 103 cm³/mol. The Morgan fingerprint density at radius 3 is 2.92 bits per heavy atom. The molecule has 3 aromatic rings. The number of hydrogen-bond acceptors (Lipinski definition) is 5. The number of nitrogens with zero attached hydrogens (tertiary/aromatic N) is 5. The summed E-state index contributed by atoms with van der Waals surface area (Å²) in [6.45, 7) is 2.29. The van der Waals surface area contributed by atoms with E-state index in [1.807, 2.05) is 28.0 Å². The fourth-order valence-electron chi connectivity index (χ4n) is 3.73. The summed E-state index contributed by atoms with van der Waals surface area (Å²) in [7, 11) is 2.18. The molecule has 2 aliphatic heterocycles. The molecule has 134 valence electrons. The Morgan fingerprint density at radius 1 is 1.15 bits per heavy atom. The van der Waals surface area contributed by atoms with Crippen LogP contribution in [0.4, 0.5) is 0 Å². The van der Waals surface area contributed by atoms with E-state index in [2.05, 4.69) is 69.4 Å². The zero-order valence-electron chi connectivity index (χ0n) is 14.8. The number of fused-ring (bicyclic) bond motifs is 2. The summed E-state index contributed by atoms with van der Waals surface area (Å²) in [4.78, 5) is 6.69. The summed E-state index contributed by atoms with van der Waals surface area (Å²) in [5.74, 6) is 0. The molecule has 0 aliphatic carbocycles. The fraction of sp³-hybridized carbons (Fsp3) is 0.316. The van der Waals surface area contributed by atoms with Gasteiger partial charge in [-0.1, -0.05) is 0 Å². The van der Waals surface area contributed by atoms with Crippen molar-refractivity contribution in [3.63, 3.8) is 0 Å². The zero-order valence-corrected chi connectivity index (χ0v) is 14.8. The summed E-state index contributed by atoms with van der Waals surface area (Å²) >= 11 is 0. The van der Waals surface area contributed by atoms with Gasteiger partial charge in [-0.3, -0.25) is 0 Å². The van der Waals surface area contributed by atoms with Crippen LogP contribution in [0, 0.1) is 0 Å². The topological polar surface area (TPSA) is 52.8 Å². The van der Waals surface area contributed by atoms with E-state index in [-0.39, 0.29) is 0 Å². The van der Waals surface area contributed by atoms with E-state index in [1.165, 1.54) is 11.1 Å². The summed E-state index contributed by atoms with van der Waals surface area (Å²) in [6, 6.07) is 6.82. The highest BCUT2D eigenvalue weighted by Gasteiger charge is 2.20. The Balaban J connectivity index is 1.35. The molecule has 5 rings (SSSR count). The maximum absolute atomic E-state index is 4.31. The van der Waals surface area contributed by atoms with Gasteiger partial charge in [-0.2, -0.15) is 0 Å². The third-order valence-electron chi connectivity index (χ3n) is 5.26.